The molecule has 9 heteroatoms. The number of halogens is 2. The van der Waals surface area contributed by atoms with Crippen LogP contribution in [0.4, 0.5) is 0 Å². The molecule has 1 heterocycles. The number of hydrazine groups is 1. The Hall–Kier alpha value is -2.19. The molecule has 134 valence electrons. The molecule has 0 radical (unpaired) electrons. The van der Waals surface area contributed by atoms with Crippen LogP contribution >= 0.6 is 27.5 Å². The van der Waals surface area contributed by atoms with Gasteiger partial charge in [-0.1, -0.05) is 18.5 Å². The van der Waals surface area contributed by atoms with Gasteiger partial charge in [0, 0.05) is 16.2 Å². The molecular weight excluding hydrogens is 414 g/mol. The highest BCUT2D eigenvalue weighted by Crippen LogP contribution is 2.36. The molecule has 0 atom stereocenters. The Morgan fingerprint density at radius 2 is 1.96 bits per heavy atom. The first-order valence-corrected chi connectivity index (χ1v) is 8.58. The molecule has 7 nitrogen and oxygen atoms in total. The van der Waals surface area contributed by atoms with Crippen LogP contribution in [0.15, 0.2) is 28.9 Å². The molecule has 0 unspecified atom stereocenters. The largest absolute Gasteiger partial charge is 0.493 e. The van der Waals surface area contributed by atoms with Crippen molar-refractivity contribution in [3.63, 3.8) is 0 Å². The standard InChI is InChI=1S/C16H17BrClN3O4/c1-3-4-25-14-11(18)5-9(6-13(14)24-2)15(22)20-21-16(23)12-7-10(17)8-19-12/h5-8,19H,3-4H2,1-2H3,(H,20,22)(H,21,23). The summed E-state index contributed by atoms with van der Waals surface area (Å²) in [5.41, 5.74) is 5.15. The monoisotopic (exact) mass is 429 g/mol. The van der Waals surface area contributed by atoms with Crippen molar-refractivity contribution < 1.29 is 19.1 Å². The van der Waals surface area contributed by atoms with Crippen LogP contribution in [0.5, 0.6) is 11.5 Å². The van der Waals surface area contributed by atoms with Gasteiger partial charge in [0.05, 0.1) is 18.7 Å². The molecule has 0 aliphatic carbocycles. The summed E-state index contributed by atoms with van der Waals surface area (Å²) in [5, 5.41) is 0.248. The van der Waals surface area contributed by atoms with Crippen molar-refractivity contribution in [2.75, 3.05) is 13.7 Å². The number of aromatic nitrogens is 1. The van der Waals surface area contributed by atoms with E-state index in [1.165, 1.54) is 19.2 Å². The smallest absolute Gasteiger partial charge is 0.286 e. The number of carbonyl (C=O) groups is 2. The van der Waals surface area contributed by atoms with E-state index in [1.807, 2.05) is 6.92 Å². The second kappa shape index (κ2) is 8.77. The fraction of sp³-hybridized carbons (Fsp3) is 0.250. The van der Waals surface area contributed by atoms with Gasteiger partial charge in [-0.3, -0.25) is 20.4 Å². The molecule has 0 fully saturated rings. The molecule has 0 aliphatic rings. The first-order valence-electron chi connectivity index (χ1n) is 7.41. The summed E-state index contributed by atoms with van der Waals surface area (Å²) in [4.78, 5) is 26.9. The second-order valence-electron chi connectivity index (χ2n) is 4.98. The van der Waals surface area contributed by atoms with E-state index >= 15 is 0 Å². The molecule has 0 saturated carbocycles. The van der Waals surface area contributed by atoms with Gasteiger partial charge in [-0.25, -0.2) is 0 Å². The summed E-state index contributed by atoms with van der Waals surface area (Å²) in [6.07, 6.45) is 2.42. The Balaban J connectivity index is 2.08. The highest BCUT2D eigenvalue weighted by molar-refractivity contribution is 9.10. The zero-order valence-corrected chi connectivity index (χ0v) is 16.0. The highest BCUT2D eigenvalue weighted by Gasteiger charge is 2.17. The van der Waals surface area contributed by atoms with Crippen molar-refractivity contribution in [3.8, 4) is 11.5 Å². The van der Waals surface area contributed by atoms with Gasteiger partial charge in [0.15, 0.2) is 11.5 Å². The zero-order chi connectivity index (χ0) is 18.4. The third-order valence-electron chi connectivity index (χ3n) is 3.12. The second-order valence-corrected chi connectivity index (χ2v) is 6.30. The summed E-state index contributed by atoms with van der Waals surface area (Å²) in [6.45, 7) is 2.44. The molecule has 0 saturated heterocycles. The van der Waals surface area contributed by atoms with Crippen LogP contribution in [0.2, 0.25) is 5.02 Å². The molecule has 0 spiro atoms. The van der Waals surface area contributed by atoms with Gasteiger partial charge in [0.25, 0.3) is 11.8 Å². The number of methoxy groups -OCH3 is 1. The maximum absolute atomic E-state index is 12.2. The van der Waals surface area contributed by atoms with E-state index in [0.29, 0.717) is 23.8 Å². The van der Waals surface area contributed by atoms with Gasteiger partial charge in [-0.05, 0) is 40.5 Å². The summed E-state index contributed by atoms with van der Waals surface area (Å²) in [6, 6.07) is 4.52. The molecule has 2 rings (SSSR count). The van der Waals surface area contributed by atoms with Crippen molar-refractivity contribution in [1.29, 1.82) is 0 Å². The van der Waals surface area contributed by atoms with E-state index in [-0.39, 0.29) is 10.6 Å². The van der Waals surface area contributed by atoms with E-state index in [2.05, 4.69) is 31.8 Å². The Morgan fingerprint density at radius 1 is 1.24 bits per heavy atom. The number of nitrogens with one attached hydrogen (secondary N) is 3. The third kappa shape index (κ3) is 4.90. The average Bonchev–Trinajstić information content (AvgIpc) is 3.04. The first-order chi connectivity index (χ1) is 12.0. The number of benzene rings is 1. The van der Waals surface area contributed by atoms with E-state index in [1.54, 1.807) is 12.3 Å². The normalized spacial score (nSPS) is 10.2. The maximum atomic E-state index is 12.2. The SMILES string of the molecule is CCCOc1c(Cl)cc(C(=O)NNC(=O)c2cc(Br)c[nH]2)cc1OC. The van der Waals surface area contributed by atoms with Gasteiger partial charge in [-0.15, -0.1) is 0 Å². The van der Waals surface area contributed by atoms with Crippen LogP contribution in [-0.4, -0.2) is 30.5 Å². The molecule has 0 aliphatic heterocycles. The summed E-state index contributed by atoms with van der Waals surface area (Å²) in [5.74, 6) is -0.310. The summed E-state index contributed by atoms with van der Waals surface area (Å²) < 4.78 is 11.5. The van der Waals surface area contributed by atoms with Crippen molar-refractivity contribution in [3.05, 3.63) is 45.1 Å². The molecule has 2 aromatic rings. The number of carbonyl (C=O) groups excluding carboxylic acids is 2. The van der Waals surface area contributed by atoms with Crippen LogP contribution in [0, 0.1) is 0 Å². The van der Waals surface area contributed by atoms with Gasteiger partial charge in [-0.2, -0.15) is 0 Å². The number of hydrogen-bond donors (Lipinski definition) is 3. The van der Waals surface area contributed by atoms with Crippen LogP contribution in [0.3, 0.4) is 0 Å². The summed E-state index contributed by atoms with van der Waals surface area (Å²) >= 11 is 9.40. The van der Waals surface area contributed by atoms with Crippen LogP contribution in [0.25, 0.3) is 0 Å². The minimum absolute atomic E-state index is 0.221. The van der Waals surface area contributed by atoms with Crippen molar-refractivity contribution >= 4 is 39.3 Å². The fourth-order valence-corrected chi connectivity index (χ4v) is 2.56. The Labute approximate surface area is 158 Å². The van der Waals surface area contributed by atoms with E-state index in [4.69, 9.17) is 21.1 Å². The molecule has 1 aromatic carbocycles. The lowest BCUT2D eigenvalue weighted by Gasteiger charge is -2.14. The topological polar surface area (TPSA) is 92.5 Å². The van der Waals surface area contributed by atoms with Crippen LogP contribution < -0.4 is 20.3 Å². The third-order valence-corrected chi connectivity index (χ3v) is 3.86. The first kappa shape index (κ1) is 19.1. The average molecular weight is 431 g/mol. The highest BCUT2D eigenvalue weighted by atomic mass is 79.9. The minimum atomic E-state index is -0.541. The molecule has 1 aromatic heterocycles. The summed E-state index contributed by atoms with van der Waals surface area (Å²) in [7, 11) is 1.46. The quantitative estimate of drug-likeness (QED) is 0.613. The number of hydrogen-bond acceptors (Lipinski definition) is 4. The van der Waals surface area contributed by atoms with Crippen molar-refractivity contribution in [1.82, 2.24) is 15.8 Å². The maximum Gasteiger partial charge on any atom is 0.286 e. The number of amides is 2. The van der Waals surface area contributed by atoms with Crippen LogP contribution in [0.1, 0.15) is 34.2 Å². The predicted octanol–water partition coefficient (Wildman–Crippen LogP) is 3.30. The molecule has 0 bridgehead atoms. The van der Waals surface area contributed by atoms with Gasteiger partial charge < -0.3 is 14.5 Å². The fourth-order valence-electron chi connectivity index (χ4n) is 1.95. The molecule has 25 heavy (non-hydrogen) atoms. The predicted molar refractivity (Wildman–Crippen MR) is 97.2 cm³/mol. The van der Waals surface area contributed by atoms with Crippen LogP contribution in [-0.2, 0) is 0 Å². The van der Waals surface area contributed by atoms with Crippen molar-refractivity contribution in [2.45, 2.75) is 13.3 Å². The van der Waals surface area contributed by atoms with Gasteiger partial charge in [0.2, 0.25) is 0 Å². The number of ether oxygens (including phenoxy) is 2. The zero-order valence-electron chi connectivity index (χ0n) is 13.6. The lowest BCUT2D eigenvalue weighted by Crippen LogP contribution is -2.41. The lowest BCUT2D eigenvalue weighted by atomic mass is 10.2. The van der Waals surface area contributed by atoms with Gasteiger partial charge in [0.1, 0.15) is 5.69 Å². The number of rotatable bonds is 6. The van der Waals surface area contributed by atoms with Gasteiger partial charge >= 0.3 is 0 Å². The Morgan fingerprint density at radius 3 is 2.56 bits per heavy atom. The van der Waals surface area contributed by atoms with E-state index < -0.39 is 11.8 Å². The Kier molecular flexibility index (Phi) is 6.72. The minimum Gasteiger partial charge on any atom is -0.493 e. The molecule has 2 amide bonds. The molecular formula is C16H17BrClN3O4. The number of H-pyrrole nitrogens is 1. The number of aromatic amines is 1. The van der Waals surface area contributed by atoms with E-state index in [0.717, 1.165) is 10.9 Å². The lowest BCUT2D eigenvalue weighted by molar-refractivity contribution is 0.0844. The molecule has 3 N–H and O–H groups in total. The Bertz CT molecular complexity index is 779. The van der Waals surface area contributed by atoms with Crippen molar-refractivity contribution in [2.24, 2.45) is 0 Å². The van der Waals surface area contributed by atoms with E-state index in [9.17, 15) is 9.59 Å².